The van der Waals surface area contributed by atoms with Crippen molar-refractivity contribution in [3.63, 3.8) is 0 Å². The van der Waals surface area contributed by atoms with E-state index in [1.807, 2.05) is 30.3 Å². The maximum atomic E-state index is 4.85. The van der Waals surface area contributed by atoms with Crippen LogP contribution in [-0.2, 0) is 13.6 Å². The monoisotopic (exact) mass is 352 g/mol. The number of guanidine groups is 1. The van der Waals surface area contributed by atoms with E-state index in [0.717, 1.165) is 42.9 Å². The topological polar surface area (TPSA) is 58.3 Å². The van der Waals surface area contributed by atoms with Crippen LogP contribution in [0.15, 0.2) is 4.99 Å². The Hall–Kier alpha value is -1.24. The molecular formula is C17H32N6S. The first-order chi connectivity index (χ1) is 11.2. The summed E-state index contributed by atoms with van der Waals surface area (Å²) in [5, 5.41) is 11.9. The zero-order chi connectivity index (χ0) is 18.0. The Kier molecular flexibility index (Phi) is 5.83. The van der Waals surface area contributed by atoms with Gasteiger partial charge in [0.1, 0.15) is 12.4 Å². The standard InChI is InChI=1S/C17H32N6S/c1-13-20-21-14(22(13)6)11-19-15(18-9-8-10-24-7)23-12-16(2,3)17(23,4)5/h8-12H2,1-7H3,(H,18,19). The second kappa shape index (κ2) is 7.33. The van der Waals surface area contributed by atoms with Crippen molar-refractivity contribution in [2.24, 2.45) is 17.5 Å². The molecule has 0 atom stereocenters. The number of aliphatic imine (C=N–C) groups is 1. The fraction of sp³-hybridized carbons (Fsp3) is 0.824. The molecule has 2 heterocycles. The zero-order valence-electron chi connectivity index (χ0n) is 16.2. The average molecular weight is 353 g/mol. The molecule has 0 saturated carbocycles. The van der Waals surface area contributed by atoms with Gasteiger partial charge in [0.25, 0.3) is 0 Å². The molecule has 1 saturated heterocycles. The minimum absolute atomic E-state index is 0.0914. The average Bonchev–Trinajstić information content (AvgIpc) is 2.84. The second-order valence-corrected chi connectivity index (χ2v) is 8.65. The SMILES string of the molecule is CSCCCNC(=NCc1nnc(C)n1C)N1CC(C)(C)C1(C)C. The molecule has 0 aliphatic carbocycles. The van der Waals surface area contributed by atoms with Crippen molar-refractivity contribution in [1.82, 2.24) is 25.0 Å². The maximum absolute atomic E-state index is 4.85. The highest BCUT2D eigenvalue weighted by molar-refractivity contribution is 7.98. The van der Waals surface area contributed by atoms with Gasteiger partial charge in [-0.15, -0.1) is 10.2 Å². The quantitative estimate of drug-likeness (QED) is 0.484. The number of nitrogens with one attached hydrogen (secondary N) is 1. The molecule has 1 fully saturated rings. The summed E-state index contributed by atoms with van der Waals surface area (Å²) in [7, 11) is 1.99. The van der Waals surface area contributed by atoms with Gasteiger partial charge in [0.15, 0.2) is 11.8 Å². The Morgan fingerprint density at radius 3 is 2.50 bits per heavy atom. The van der Waals surface area contributed by atoms with Crippen molar-refractivity contribution in [1.29, 1.82) is 0 Å². The number of nitrogens with zero attached hydrogens (tertiary/aromatic N) is 5. The van der Waals surface area contributed by atoms with Gasteiger partial charge in [-0.05, 0) is 39.2 Å². The zero-order valence-corrected chi connectivity index (χ0v) is 17.0. The molecule has 0 radical (unpaired) electrons. The van der Waals surface area contributed by atoms with Crippen LogP contribution in [0, 0.1) is 12.3 Å². The van der Waals surface area contributed by atoms with E-state index < -0.39 is 0 Å². The van der Waals surface area contributed by atoms with E-state index in [1.165, 1.54) is 0 Å². The van der Waals surface area contributed by atoms with Gasteiger partial charge >= 0.3 is 0 Å². The van der Waals surface area contributed by atoms with Gasteiger partial charge in [-0.3, -0.25) is 0 Å². The fourth-order valence-corrected chi connectivity index (χ4v) is 3.22. The predicted octanol–water partition coefficient (Wildman–Crippen LogP) is 2.44. The van der Waals surface area contributed by atoms with E-state index in [2.05, 4.69) is 54.4 Å². The molecule has 0 amide bonds. The molecule has 1 aromatic rings. The van der Waals surface area contributed by atoms with Crippen molar-refractivity contribution in [2.45, 2.75) is 53.1 Å². The third-order valence-corrected chi connectivity index (χ3v) is 6.20. The summed E-state index contributed by atoms with van der Waals surface area (Å²) in [6.45, 7) is 13.7. The van der Waals surface area contributed by atoms with Gasteiger partial charge in [0, 0.05) is 31.1 Å². The lowest BCUT2D eigenvalue weighted by Gasteiger charge is -2.62. The number of thioether (sulfide) groups is 1. The van der Waals surface area contributed by atoms with Gasteiger partial charge in [-0.1, -0.05) is 13.8 Å². The van der Waals surface area contributed by atoms with Gasteiger partial charge in [-0.2, -0.15) is 11.8 Å². The normalized spacial score (nSPS) is 19.3. The molecule has 0 aromatic carbocycles. The highest BCUT2D eigenvalue weighted by Crippen LogP contribution is 2.46. The summed E-state index contributed by atoms with van der Waals surface area (Å²) < 4.78 is 2.00. The van der Waals surface area contributed by atoms with Gasteiger partial charge in [0.2, 0.25) is 0 Å². The lowest BCUT2D eigenvalue weighted by atomic mass is 9.65. The number of aryl methyl sites for hydroxylation is 1. The lowest BCUT2D eigenvalue weighted by molar-refractivity contribution is -0.0668. The molecule has 1 N–H and O–H groups in total. The molecule has 24 heavy (non-hydrogen) atoms. The van der Waals surface area contributed by atoms with Crippen LogP contribution < -0.4 is 5.32 Å². The smallest absolute Gasteiger partial charge is 0.194 e. The van der Waals surface area contributed by atoms with E-state index in [9.17, 15) is 0 Å². The number of hydrogen-bond donors (Lipinski definition) is 1. The van der Waals surface area contributed by atoms with Crippen LogP contribution in [0.1, 0.15) is 45.8 Å². The third-order valence-electron chi connectivity index (χ3n) is 5.50. The van der Waals surface area contributed by atoms with Crippen LogP contribution in [0.3, 0.4) is 0 Å². The summed E-state index contributed by atoms with van der Waals surface area (Å²) >= 11 is 1.88. The first-order valence-corrected chi connectivity index (χ1v) is 10.00. The van der Waals surface area contributed by atoms with Crippen molar-refractivity contribution in [3.8, 4) is 0 Å². The summed E-state index contributed by atoms with van der Waals surface area (Å²) in [5.74, 6) is 3.96. The predicted molar refractivity (Wildman–Crippen MR) is 102 cm³/mol. The van der Waals surface area contributed by atoms with Crippen LogP contribution in [0.5, 0.6) is 0 Å². The highest BCUT2D eigenvalue weighted by Gasteiger charge is 2.53. The molecule has 0 bridgehead atoms. The number of hydrogen-bond acceptors (Lipinski definition) is 4. The first-order valence-electron chi connectivity index (χ1n) is 8.60. The molecule has 2 rings (SSSR count). The molecular weight excluding hydrogens is 320 g/mol. The number of likely N-dealkylation sites (tertiary alicyclic amines) is 1. The fourth-order valence-electron chi connectivity index (χ4n) is 2.79. The summed E-state index contributed by atoms with van der Waals surface area (Å²) in [5.41, 5.74) is 0.379. The minimum Gasteiger partial charge on any atom is -0.356 e. The van der Waals surface area contributed by atoms with Gasteiger partial charge < -0.3 is 14.8 Å². The van der Waals surface area contributed by atoms with Crippen LogP contribution in [-0.4, -0.2) is 56.3 Å². The van der Waals surface area contributed by atoms with Crippen LogP contribution in [0.4, 0.5) is 0 Å². The molecule has 1 aliphatic rings. The summed E-state index contributed by atoms with van der Waals surface area (Å²) in [6.07, 6.45) is 3.29. The number of aromatic nitrogens is 3. The molecule has 6 nitrogen and oxygen atoms in total. The molecule has 0 spiro atoms. The Bertz CT molecular complexity index is 590. The van der Waals surface area contributed by atoms with Crippen LogP contribution >= 0.6 is 11.8 Å². The highest BCUT2D eigenvalue weighted by atomic mass is 32.2. The second-order valence-electron chi connectivity index (χ2n) is 7.66. The maximum Gasteiger partial charge on any atom is 0.194 e. The van der Waals surface area contributed by atoms with E-state index in [-0.39, 0.29) is 11.0 Å². The summed E-state index contributed by atoms with van der Waals surface area (Å²) in [6, 6.07) is 0. The Balaban J connectivity index is 2.11. The van der Waals surface area contributed by atoms with Crippen molar-refractivity contribution < 1.29 is 0 Å². The molecule has 0 unspecified atom stereocenters. The number of rotatable bonds is 6. The molecule has 7 heteroatoms. The minimum atomic E-state index is 0.0914. The molecule has 1 aromatic heterocycles. The van der Waals surface area contributed by atoms with Gasteiger partial charge in [-0.25, -0.2) is 4.99 Å². The Morgan fingerprint density at radius 2 is 2.00 bits per heavy atom. The van der Waals surface area contributed by atoms with Crippen molar-refractivity contribution >= 4 is 17.7 Å². The third kappa shape index (κ3) is 3.71. The van der Waals surface area contributed by atoms with E-state index in [0.29, 0.717) is 6.54 Å². The first kappa shape index (κ1) is 19.1. The Morgan fingerprint density at radius 1 is 1.29 bits per heavy atom. The van der Waals surface area contributed by atoms with E-state index in [4.69, 9.17) is 4.99 Å². The summed E-state index contributed by atoms with van der Waals surface area (Å²) in [4.78, 5) is 7.23. The van der Waals surface area contributed by atoms with Crippen molar-refractivity contribution in [3.05, 3.63) is 11.6 Å². The van der Waals surface area contributed by atoms with Crippen LogP contribution in [0.25, 0.3) is 0 Å². The van der Waals surface area contributed by atoms with Crippen molar-refractivity contribution in [2.75, 3.05) is 25.1 Å². The van der Waals surface area contributed by atoms with Crippen LogP contribution in [0.2, 0.25) is 0 Å². The van der Waals surface area contributed by atoms with E-state index >= 15 is 0 Å². The van der Waals surface area contributed by atoms with Gasteiger partial charge in [0.05, 0.1) is 0 Å². The lowest BCUT2D eigenvalue weighted by Crippen LogP contribution is -2.72. The Labute approximate surface area is 150 Å². The molecule has 1 aliphatic heterocycles. The molecule has 136 valence electrons. The largest absolute Gasteiger partial charge is 0.356 e. The van der Waals surface area contributed by atoms with E-state index in [1.54, 1.807) is 0 Å².